The molecule has 0 bridgehead atoms. The summed E-state index contributed by atoms with van der Waals surface area (Å²) in [6, 6.07) is 5.80. The Morgan fingerprint density at radius 3 is 2.85 bits per heavy atom. The van der Waals surface area contributed by atoms with Gasteiger partial charge in [0.25, 0.3) is 0 Å². The van der Waals surface area contributed by atoms with Gasteiger partial charge in [-0.05, 0) is 24.1 Å². The molecular formula is C14H16FN3O2. The molecule has 1 N–H and O–H groups in total. The van der Waals surface area contributed by atoms with Gasteiger partial charge < -0.3 is 9.88 Å². The number of nitro groups is 1. The third-order valence-electron chi connectivity index (χ3n) is 2.93. The number of nitrogens with one attached hydrogen (secondary N) is 1. The lowest BCUT2D eigenvalue weighted by Crippen LogP contribution is -2.00. The van der Waals surface area contributed by atoms with Crippen LogP contribution in [0.15, 0.2) is 36.7 Å². The van der Waals surface area contributed by atoms with E-state index in [0.29, 0.717) is 12.2 Å². The highest BCUT2D eigenvalue weighted by Crippen LogP contribution is 2.21. The molecule has 1 heterocycles. The van der Waals surface area contributed by atoms with E-state index in [0.717, 1.165) is 24.6 Å². The molecule has 0 saturated carbocycles. The molecule has 1 aromatic heterocycles. The standard InChI is InChI=1S/C14H16FN3O2/c1-2-6-17-7-5-11(10-17)9-16-12-3-4-14(18(19)20)13(15)8-12/h3-5,7-8,10,16H,2,6,9H2,1H3. The lowest BCUT2D eigenvalue weighted by Gasteiger charge is -2.05. The van der Waals surface area contributed by atoms with Crippen molar-refractivity contribution >= 4 is 11.4 Å². The summed E-state index contributed by atoms with van der Waals surface area (Å²) in [5.74, 6) is -0.830. The van der Waals surface area contributed by atoms with E-state index in [1.807, 2.05) is 18.5 Å². The van der Waals surface area contributed by atoms with Crippen molar-refractivity contribution in [2.45, 2.75) is 26.4 Å². The van der Waals surface area contributed by atoms with Crippen LogP contribution in [0.2, 0.25) is 0 Å². The maximum atomic E-state index is 13.4. The molecule has 0 unspecified atom stereocenters. The van der Waals surface area contributed by atoms with Crippen LogP contribution in [-0.2, 0) is 13.1 Å². The average Bonchev–Trinajstić information content (AvgIpc) is 2.84. The highest BCUT2D eigenvalue weighted by Gasteiger charge is 2.13. The first-order valence-electron chi connectivity index (χ1n) is 6.42. The molecule has 0 atom stereocenters. The summed E-state index contributed by atoms with van der Waals surface area (Å²) in [5.41, 5.74) is 1.10. The van der Waals surface area contributed by atoms with Gasteiger partial charge in [0, 0.05) is 43.3 Å². The zero-order valence-corrected chi connectivity index (χ0v) is 11.2. The Bertz CT molecular complexity index is 610. The smallest absolute Gasteiger partial charge is 0.304 e. The van der Waals surface area contributed by atoms with Crippen LogP contribution in [0.1, 0.15) is 18.9 Å². The minimum Gasteiger partial charge on any atom is -0.381 e. The second-order valence-electron chi connectivity index (χ2n) is 4.53. The second-order valence-corrected chi connectivity index (χ2v) is 4.53. The number of anilines is 1. The van der Waals surface area contributed by atoms with Gasteiger partial charge in [0.05, 0.1) is 4.92 Å². The van der Waals surface area contributed by atoms with E-state index >= 15 is 0 Å². The molecule has 106 valence electrons. The summed E-state index contributed by atoms with van der Waals surface area (Å²) in [7, 11) is 0. The topological polar surface area (TPSA) is 60.1 Å². The first-order chi connectivity index (χ1) is 9.60. The lowest BCUT2D eigenvalue weighted by atomic mass is 10.2. The fourth-order valence-corrected chi connectivity index (χ4v) is 1.96. The van der Waals surface area contributed by atoms with Crippen LogP contribution in [0.5, 0.6) is 0 Å². The Labute approximate surface area is 116 Å². The van der Waals surface area contributed by atoms with Crippen LogP contribution in [-0.4, -0.2) is 9.49 Å². The zero-order chi connectivity index (χ0) is 14.5. The molecule has 20 heavy (non-hydrogen) atoms. The van der Waals surface area contributed by atoms with Crippen molar-refractivity contribution in [3.63, 3.8) is 0 Å². The van der Waals surface area contributed by atoms with Crippen LogP contribution in [0.4, 0.5) is 15.8 Å². The van der Waals surface area contributed by atoms with Crippen molar-refractivity contribution in [1.82, 2.24) is 4.57 Å². The van der Waals surface area contributed by atoms with Gasteiger partial charge in [0.2, 0.25) is 5.82 Å². The van der Waals surface area contributed by atoms with Gasteiger partial charge in [-0.2, -0.15) is 4.39 Å². The number of aromatic nitrogens is 1. The highest BCUT2D eigenvalue weighted by atomic mass is 19.1. The molecule has 0 aliphatic rings. The van der Waals surface area contributed by atoms with Crippen LogP contribution < -0.4 is 5.32 Å². The van der Waals surface area contributed by atoms with Crippen LogP contribution in [0, 0.1) is 15.9 Å². The largest absolute Gasteiger partial charge is 0.381 e. The molecule has 1 aromatic carbocycles. The summed E-state index contributed by atoms with van der Waals surface area (Å²) in [6.45, 7) is 3.62. The molecular weight excluding hydrogens is 261 g/mol. The van der Waals surface area contributed by atoms with Gasteiger partial charge in [-0.25, -0.2) is 0 Å². The van der Waals surface area contributed by atoms with Gasteiger partial charge in [0.15, 0.2) is 0 Å². The number of aryl methyl sites for hydroxylation is 1. The van der Waals surface area contributed by atoms with Gasteiger partial charge in [-0.3, -0.25) is 10.1 Å². The fourth-order valence-electron chi connectivity index (χ4n) is 1.96. The lowest BCUT2D eigenvalue weighted by molar-refractivity contribution is -0.387. The van der Waals surface area contributed by atoms with Crippen LogP contribution in [0.25, 0.3) is 0 Å². The van der Waals surface area contributed by atoms with Crippen molar-refractivity contribution in [2.75, 3.05) is 5.32 Å². The van der Waals surface area contributed by atoms with Crippen LogP contribution >= 0.6 is 0 Å². The molecule has 0 aliphatic heterocycles. The number of nitro benzene ring substituents is 1. The quantitative estimate of drug-likeness (QED) is 0.648. The summed E-state index contributed by atoms with van der Waals surface area (Å²) in [6.07, 6.45) is 5.09. The van der Waals surface area contributed by atoms with Crippen molar-refractivity contribution in [2.24, 2.45) is 0 Å². The van der Waals surface area contributed by atoms with Crippen LogP contribution in [0.3, 0.4) is 0 Å². The molecule has 0 spiro atoms. The summed E-state index contributed by atoms with van der Waals surface area (Å²) in [5, 5.41) is 13.6. The number of hydrogen-bond donors (Lipinski definition) is 1. The van der Waals surface area contributed by atoms with Crippen molar-refractivity contribution in [3.8, 4) is 0 Å². The molecule has 0 fully saturated rings. The summed E-state index contributed by atoms with van der Waals surface area (Å²) >= 11 is 0. The van der Waals surface area contributed by atoms with Crippen molar-refractivity contribution < 1.29 is 9.31 Å². The van der Waals surface area contributed by atoms with Gasteiger partial charge in [0.1, 0.15) is 0 Å². The third kappa shape index (κ3) is 3.34. The first kappa shape index (κ1) is 14.0. The monoisotopic (exact) mass is 277 g/mol. The van der Waals surface area contributed by atoms with E-state index in [2.05, 4.69) is 16.8 Å². The third-order valence-corrected chi connectivity index (χ3v) is 2.93. The number of benzene rings is 1. The molecule has 2 rings (SSSR count). The fraction of sp³-hybridized carbons (Fsp3) is 0.286. The Hall–Kier alpha value is -2.37. The SMILES string of the molecule is CCCn1ccc(CNc2ccc([N+](=O)[O-])c(F)c2)c1. The number of hydrogen-bond acceptors (Lipinski definition) is 3. The molecule has 2 aromatic rings. The van der Waals surface area contributed by atoms with E-state index in [9.17, 15) is 14.5 Å². The normalized spacial score (nSPS) is 10.5. The van der Waals surface area contributed by atoms with E-state index in [-0.39, 0.29) is 0 Å². The Balaban J connectivity index is 1.99. The van der Waals surface area contributed by atoms with Gasteiger partial charge >= 0.3 is 5.69 Å². The summed E-state index contributed by atoms with van der Waals surface area (Å²) < 4.78 is 15.5. The molecule has 0 aliphatic carbocycles. The molecule has 0 saturated heterocycles. The van der Waals surface area contributed by atoms with E-state index in [4.69, 9.17) is 0 Å². The van der Waals surface area contributed by atoms with E-state index < -0.39 is 16.4 Å². The Morgan fingerprint density at radius 2 is 2.20 bits per heavy atom. The number of nitrogens with zero attached hydrogens (tertiary/aromatic N) is 2. The minimum atomic E-state index is -0.830. The Kier molecular flexibility index (Phi) is 4.34. The maximum absolute atomic E-state index is 13.4. The predicted molar refractivity (Wildman–Crippen MR) is 75.1 cm³/mol. The molecule has 0 radical (unpaired) electrons. The summed E-state index contributed by atoms with van der Waals surface area (Å²) in [4.78, 5) is 9.79. The van der Waals surface area contributed by atoms with Crippen molar-refractivity contribution in [1.29, 1.82) is 0 Å². The van der Waals surface area contributed by atoms with Gasteiger partial charge in [-0.1, -0.05) is 6.92 Å². The second kappa shape index (κ2) is 6.18. The van der Waals surface area contributed by atoms with Gasteiger partial charge in [-0.15, -0.1) is 0 Å². The number of halogens is 1. The van der Waals surface area contributed by atoms with E-state index in [1.165, 1.54) is 12.1 Å². The van der Waals surface area contributed by atoms with Crippen molar-refractivity contribution in [3.05, 3.63) is 58.2 Å². The maximum Gasteiger partial charge on any atom is 0.304 e. The molecule has 5 nitrogen and oxygen atoms in total. The zero-order valence-electron chi connectivity index (χ0n) is 11.2. The Morgan fingerprint density at radius 1 is 1.40 bits per heavy atom. The molecule has 0 amide bonds. The van der Waals surface area contributed by atoms with E-state index in [1.54, 1.807) is 0 Å². The predicted octanol–water partition coefficient (Wildman–Crippen LogP) is 3.56. The minimum absolute atomic E-state index is 0.510. The highest BCUT2D eigenvalue weighted by molar-refractivity contribution is 5.49. The first-order valence-corrected chi connectivity index (χ1v) is 6.42. The number of rotatable bonds is 6. The average molecular weight is 277 g/mol. The molecule has 6 heteroatoms.